The van der Waals surface area contributed by atoms with Crippen LogP contribution in [0, 0.1) is 6.92 Å². The molecule has 3 N–H and O–H groups in total. The summed E-state index contributed by atoms with van der Waals surface area (Å²) in [5.41, 5.74) is 0.566. The highest BCUT2D eigenvalue weighted by molar-refractivity contribution is 5.92. The van der Waals surface area contributed by atoms with Crippen molar-refractivity contribution in [2.24, 2.45) is 0 Å². The first-order valence-corrected chi connectivity index (χ1v) is 4.26. The standard InChI is InChI=1S/C10H12O4/c1-3-6-4-7(10(13)14)9(12)5(2)8(6)11/h4,11-12H,3H2,1-2H3,(H,13,14). The number of aromatic carboxylic acids is 1. The van der Waals surface area contributed by atoms with Crippen LogP contribution in [0.5, 0.6) is 11.5 Å². The summed E-state index contributed by atoms with van der Waals surface area (Å²) in [6, 6.07) is 1.29. The van der Waals surface area contributed by atoms with Gasteiger partial charge in [0.1, 0.15) is 17.1 Å². The summed E-state index contributed by atoms with van der Waals surface area (Å²) in [6.45, 7) is 3.29. The van der Waals surface area contributed by atoms with Gasteiger partial charge in [-0.2, -0.15) is 0 Å². The number of carboxylic acids is 1. The topological polar surface area (TPSA) is 77.8 Å². The molecule has 76 valence electrons. The number of benzene rings is 1. The smallest absolute Gasteiger partial charge is 0.339 e. The van der Waals surface area contributed by atoms with Crippen LogP contribution in [0.25, 0.3) is 0 Å². The molecule has 4 heteroatoms. The lowest BCUT2D eigenvalue weighted by molar-refractivity contribution is 0.0693. The highest BCUT2D eigenvalue weighted by atomic mass is 16.4. The molecule has 14 heavy (non-hydrogen) atoms. The van der Waals surface area contributed by atoms with Crippen LogP contribution >= 0.6 is 0 Å². The van der Waals surface area contributed by atoms with Crippen LogP contribution in [0.4, 0.5) is 0 Å². The quantitative estimate of drug-likeness (QED) is 0.672. The number of carbonyl (C=O) groups is 1. The average Bonchev–Trinajstić information content (AvgIpc) is 2.14. The number of carboxylic acid groups (broad SMARTS) is 1. The Labute approximate surface area is 81.4 Å². The van der Waals surface area contributed by atoms with E-state index < -0.39 is 5.97 Å². The molecule has 0 saturated carbocycles. The first kappa shape index (κ1) is 10.4. The van der Waals surface area contributed by atoms with Crippen molar-refractivity contribution in [1.82, 2.24) is 0 Å². The molecule has 4 nitrogen and oxygen atoms in total. The Morgan fingerprint density at radius 3 is 2.36 bits per heavy atom. The lowest BCUT2D eigenvalue weighted by Gasteiger charge is -2.09. The summed E-state index contributed by atoms with van der Waals surface area (Å²) < 4.78 is 0. The molecular weight excluding hydrogens is 184 g/mol. The molecule has 0 fully saturated rings. The first-order valence-electron chi connectivity index (χ1n) is 4.26. The zero-order chi connectivity index (χ0) is 10.9. The maximum absolute atomic E-state index is 10.7. The second-order valence-corrected chi connectivity index (χ2v) is 3.06. The first-order chi connectivity index (χ1) is 6.49. The van der Waals surface area contributed by atoms with Gasteiger partial charge in [-0.1, -0.05) is 6.92 Å². The van der Waals surface area contributed by atoms with Gasteiger partial charge >= 0.3 is 5.97 Å². The predicted molar refractivity (Wildman–Crippen MR) is 50.8 cm³/mol. The van der Waals surface area contributed by atoms with Gasteiger partial charge in [0, 0.05) is 5.56 Å². The molecule has 0 atom stereocenters. The molecule has 0 spiro atoms. The van der Waals surface area contributed by atoms with Crippen molar-refractivity contribution in [2.45, 2.75) is 20.3 Å². The minimum Gasteiger partial charge on any atom is -0.507 e. The molecule has 0 aromatic heterocycles. The van der Waals surface area contributed by atoms with Crippen molar-refractivity contribution in [3.05, 3.63) is 22.8 Å². The molecule has 1 aromatic carbocycles. The van der Waals surface area contributed by atoms with Gasteiger partial charge in [-0.05, 0) is 25.0 Å². The number of aromatic hydroxyl groups is 2. The third kappa shape index (κ3) is 1.51. The number of phenolic OH excluding ortho intramolecular Hbond substituents is 1. The van der Waals surface area contributed by atoms with E-state index in [0.717, 1.165) is 0 Å². The van der Waals surface area contributed by atoms with Crippen LogP contribution < -0.4 is 0 Å². The van der Waals surface area contributed by atoms with E-state index in [1.165, 1.54) is 13.0 Å². The third-order valence-electron chi connectivity index (χ3n) is 2.20. The Hall–Kier alpha value is -1.71. The molecule has 0 aliphatic heterocycles. The van der Waals surface area contributed by atoms with E-state index in [2.05, 4.69) is 0 Å². The number of phenols is 2. The van der Waals surface area contributed by atoms with E-state index in [-0.39, 0.29) is 22.6 Å². The summed E-state index contributed by atoms with van der Waals surface area (Å²) in [7, 11) is 0. The van der Waals surface area contributed by atoms with Crippen molar-refractivity contribution in [2.75, 3.05) is 0 Å². The van der Waals surface area contributed by atoms with E-state index in [1.54, 1.807) is 6.92 Å². The minimum absolute atomic E-state index is 0.0324. The zero-order valence-electron chi connectivity index (χ0n) is 8.03. The van der Waals surface area contributed by atoms with Gasteiger partial charge in [0.25, 0.3) is 0 Å². The molecule has 0 radical (unpaired) electrons. The molecule has 0 heterocycles. The second kappa shape index (κ2) is 3.57. The van der Waals surface area contributed by atoms with Crippen molar-refractivity contribution in [1.29, 1.82) is 0 Å². The summed E-state index contributed by atoms with van der Waals surface area (Å²) in [4.78, 5) is 10.7. The molecule has 0 bridgehead atoms. The van der Waals surface area contributed by atoms with Crippen LogP contribution in [-0.2, 0) is 6.42 Å². The maximum atomic E-state index is 10.7. The number of hydrogen-bond acceptors (Lipinski definition) is 3. The van der Waals surface area contributed by atoms with Gasteiger partial charge in [0.15, 0.2) is 0 Å². The molecule has 0 aliphatic carbocycles. The number of hydrogen-bond donors (Lipinski definition) is 3. The van der Waals surface area contributed by atoms with Gasteiger partial charge < -0.3 is 15.3 Å². The largest absolute Gasteiger partial charge is 0.507 e. The van der Waals surface area contributed by atoms with E-state index in [9.17, 15) is 15.0 Å². The lowest BCUT2D eigenvalue weighted by atomic mass is 10.0. The van der Waals surface area contributed by atoms with Gasteiger partial charge in [-0.25, -0.2) is 4.79 Å². The lowest BCUT2D eigenvalue weighted by Crippen LogP contribution is -2.00. The number of rotatable bonds is 2. The summed E-state index contributed by atoms with van der Waals surface area (Å²) in [6.07, 6.45) is 0.521. The SMILES string of the molecule is CCc1cc(C(=O)O)c(O)c(C)c1O. The van der Waals surface area contributed by atoms with Crippen molar-refractivity contribution in [3.63, 3.8) is 0 Å². The molecule has 0 aliphatic rings. The summed E-state index contributed by atoms with van der Waals surface area (Å²) >= 11 is 0. The van der Waals surface area contributed by atoms with Crippen molar-refractivity contribution >= 4 is 5.97 Å². The fourth-order valence-corrected chi connectivity index (χ4v) is 1.30. The van der Waals surface area contributed by atoms with E-state index >= 15 is 0 Å². The van der Waals surface area contributed by atoms with Crippen LogP contribution in [0.3, 0.4) is 0 Å². The Morgan fingerprint density at radius 2 is 1.93 bits per heavy atom. The van der Waals surface area contributed by atoms with Crippen molar-refractivity contribution < 1.29 is 20.1 Å². The van der Waals surface area contributed by atoms with Gasteiger partial charge in [-0.3, -0.25) is 0 Å². The summed E-state index contributed by atoms with van der Waals surface area (Å²) in [5, 5.41) is 27.7. The Kier molecular flexibility index (Phi) is 2.65. The highest BCUT2D eigenvalue weighted by Crippen LogP contribution is 2.33. The fraction of sp³-hybridized carbons (Fsp3) is 0.300. The molecule has 0 saturated heterocycles. The average molecular weight is 196 g/mol. The van der Waals surface area contributed by atoms with Crippen molar-refractivity contribution in [3.8, 4) is 11.5 Å². The Balaban J connectivity index is 3.48. The normalized spacial score (nSPS) is 10.1. The Bertz CT molecular complexity index is 382. The van der Waals surface area contributed by atoms with Crippen LogP contribution in [0.2, 0.25) is 0 Å². The van der Waals surface area contributed by atoms with Gasteiger partial charge in [-0.15, -0.1) is 0 Å². The van der Waals surface area contributed by atoms with E-state index in [4.69, 9.17) is 5.11 Å². The minimum atomic E-state index is -1.19. The molecule has 1 aromatic rings. The molecule has 1 rings (SSSR count). The van der Waals surface area contributed by atoms with Gasteiger partial charge in [0.05, 0.1) is 0 Å². The molecular formula is C10H12O4. The fourth-order valence-electron chi connectivity index (χ4n) is 1.30. The molecule has 0 amide bonds. The predicted octanol–water partition coefficient (Wildman–Crippen LogP) is 1.67. The maximum Gasteiger partial charge on any atom is 0.339 e. The Morgan fingerprint density at radius 1 is 1.36 bits per heavy atom. The monoisotopic (exact) mass is 196 g/mol. The number of aryl methyl sites for hydroxylation is 1. The van der Waals surface area contributed by atoms with Crippen LogP contribution in [0.15, 0.2) is 6.07 Å². The molecule has 0 unspecified atom stereocenters. The third-order valence-corrected chi connectivity index (χ3v) is 2.20. The second-order valence-electron chi connectivity index (χ2n) is 3.06. The highest BCUT2D eigenvalue weighted by Gasteiger charge is 2.17. The van der Waals surface area contributed by atoms with Crippen LogP contribution in [-0.4, -0.2) is 21.3 Å². The van der Waals surface area contributed by atoms with E-state index in [1.807, 2.05) is 0 Å². The van der Waals surface area contributed by atoms with Gasteiger partial charge in [0.2, 0.25) is 0 Å². The zero-order valence-corrected chi connectivity index (χ0v) is 8.03. The van der Waals surface area contributed by atoms with E-state index in [0.29, 0.717) is 12.0 Å². The van der Waals surface area contributed by atoms with Crippen LogP contribution in [0.1, 0.15) is 28.4 Å². The summed E-state index contributed by atoms with van der Waals surface area (Å²) in [5.74, 6) is -1.59.